The summed E-state index contributed by atoms with van der Waals surface area (Å²) in [6.07, 6.45) is 5.04. The minimum atomic E-state index is -3.63. The van der Waals surface area contributed by atoms with Crippen molar-refractivity contribution in [2.75, 3.05) is 26.2 Å². The molecule has 9 heteroatoms. The highest BCUT2D eigenvalue weighted by molar-refractivity contribution is 7.89. The summed E-state index contributed by atoms with van der Waals surface area (Å²) in [4.78, 5) is 17.7. The largest absolute Gasteiger partial charge is 0.448 e. The molecule has 0 bridgehead atoms. The lowest BCUT2D eigenvalue weighted by atomic mass is 9.94. The molecule has 2 aromatic carbocycles. The second-order valence-corrected chi connectivity index (χ2v) is 12.7. The van der Waals surface area contributed by atoms with E-state index in [2.05, 4.69) is 29.2 Å². The summed E-state index contributed by atoms with van der Waals surface area (Å²) in [6.45, 7) is 3.34. The number of likely N-dealkylation sites (tertiary alicyclic amines) is 1. The maximum atomic E-state index is 13.3. The normalized spacial score (nSPS) is 27.7. The van der Waals surface area contributed by atoms with Gasteiger partial charge in [-0.1, -0.05) is 35.9 Å². The highest BCUT2D eigenvalue weighted by Gasteiger charge is 2.48. The highest BCUT2D eigenvalue weighted by Crippen LogP contribution is 2.47. The molecule has 6 rings (SSSR count). The van der Waals surface area contributed by atoms with E-state index in [1.54, 1.807) is 22.5 Å². The number of halogens is 1. The first-order valence-electron chi connectivity index (χ1n) is 13.0. The molecule has 0 spiro atoms. The van der Waals surface area contributed by atoms with E-state index in [-0.39, 0.29) is 24.8 Å². The molecule has 4 heterocycles. The van der Waals surface area contributed by atoms with Gasteiger partial charge in [-0.15, -0.1) is 0 Å². The standard InChI is InChI=1S/C27H32ClN3O4S/c28-21-10-11-26-24(15-21)25-9-3-7-23(31(25)36(26,33)34)18-35-27(32)30-13-4-8-22(17-30)29-14-12-19-5-1-2-6-20(19)16-29/h1-2,5-6,10-11,15,22-23,25H,3-4,7-9,12-14,16-18H2/t22?,23-,25+/m1/s1. The van der Waals surface area contributed by atoms with Gasteiger partial charge in [0.15, 0.2) is 0 Å². The molecular weight excluding hydrogens is 498 g/mol. The summed E-state index contributed by atoms with van der Waals surface area (Å²) in [7, 11) is -3.63. The van der Waals surface area contributed by atoms with Crippen molar-refractivity contribution in [2.45, 2.75) is 68.1 Å². The second-order valence-electron chi connectivity index (χ2n) is 10.4. The van der Waals surface area contributed by atoms with Gasteiger partial charge in [0.1, 0.15) is 6.61 Å². The number of sulfonamides is 1. The third kappa shape index (κ3) is 4.32. The zero-order chi connectivity index (χ0) is 24.9. The summed E-state index contributed by atoms with van der Waals surface area (Å²) >= 11 is 6.17. The lowest BCUT2D eigenvalue weighted by Gasteiger charge is -2.41. The molecule has 4 aliphatic rings. The molecule has 1 amide bonds. The van der Waals surface area contributed by atoms with Crippen LogP contribution in [-0.2, 0) is 27.7 Å². The van der Waals surface area contributed by atoms with Gasteiger partial charge in [0.2, 0.25) is 10.0 Å². The molecule has 0 N–H and O–H groups in total. The number of hydrogen-bond donors (Lipinski definition) is 0. The predicted octanol–water partition coefficient (Wildman–Crippen LogP) is 4.60. The first kappa shape index (κ1) is 24.2. The van der Waals surface area contributed by atoms with Crippen LogP contribution in [0.5, 0.6) is 0 Å². The van der Waals surface area contributed by atoms with Crippen molar-refractivity contribution in [3.8, 4) is 0 Å². The summed E-state index contributed by atoms with van der Waals surface area (Å²) in [5.41, 5.74) is 3.57. The van der Waals surface area contributed by atoms with Gasteiger partial charge >= 0.3 is 6.09 Å². The lowest BCUT2D eigenvalue weighted by Crippen LogP contribution is -2.51. The van der Waals surface area contributed by atoms with Crippen molar-refractivity contribution in [1.29, 1.82) is 0 Å². The van der Waals surface area contributed by atoms with Crippen molar-refractivity contribution in [1.82, 2.24) is 14.1 Å². The quantitative estimate of drug-likeness (QED) is 0.581. The first-order chi connectivity index (χ1) is 17.4. The Morgan fingerprint density at radius 1 is 1.03 bits per heavy atom. The number of rotatable bonds is 3. The van der Waals surface area contributed by atoms with E-state index in [1.165, 1.54) is 11.1 Å². The molecule has 0 saturated carbocycles. The maximum absolute atomic E-state index is 13.3. The number of nitrogens with zero attached hydrogens (tertiary/aromatic N) is 3. The average molecular weight is 530 g/mol. The summed E-state index contributed by atoms with van der Waals surface area (Å²) in [5.74, 6) is 0. The van der Waals surface area contributed by atoms with Crippen LogP contribution in [0.25, 0.3) is 0 Å². The smallest absolute Gasteiger partial charge is 0.409 e. The van der Waals surface area contributed by atoms with Crippen molar-refractivity contribution in [3.05, 3.63) is 64.2 Å². The third-order valence-electron chi connectivity index (χ3n) is 8.30. The van der Waals surface area contributed by atoms with Gasteiger partial charge in [0, 0.05) is 37.2 Å². The number of piperidine rings is 2. The summed E-state index contributed by atoms with van der Waals surface area (Å²) in [6, 6.07) is 13.3. The zero-order valence-electron chi connectivity index (χ0n) is 20.3. The number of amides is 1. The van der Waals surface area contributed by atoms with E-state index in [0.717, 1.165) is 50.8 Å². The van der Waals surface area contributed by atoms with Gasteiger partial charge in [0.05, 0.1) is 17.0 Å². The molecule has 36 heavy (non-hydrogen) atoms. The Kier molecular flexibility index (Phi) is 6.48. The number of ether oxygens (including phenoxy) is 1. The number of hydrogen-bond acceptors (Lipinski definition) is 5. The first-order valence-corrected chi connectivity index (χ1v) is 14.8. The minimum absolute atomic E-state index is 0.0779. The van der Waals surface area contributed by atoms with Gasteiger partial charge in [-0.3, -0.25) is 4.90 Å². The third-order valence-corrected chi connectivity index (χ3v) is 10.6. The van der Waals surface area contributed by atoms with Gasteiger partial charge < -0.3 is 9.64 Å². The summed E-state index contributed by atoms with van der Waals surface area (Å²) < 4.78 is 34.0. The molecule has 0 aliphatic carbocycles. The van der Waals surface area contributed by atoms with Crippen LogP contribution in [0.2, 0.25) is 5.02 Å². The van der Waals surface area contributed by atoms with Crippen LogP contribution in [0.4, 0.5) is 4.79 Å². The van der Waals surface area contributed by atoms with Crippen LogP contribution in [0, 0.1) is 0 Å². The van der Waals surface area contributed by atoms with Gasteiger partial charge in [-0.25, -0.2) is 13.2 Å². The van der Waals surface area contributed by atoms with Crippen LogP contribution in [-0.4, -0.2) is 66.9 Å². The van der Waals surface area contributed by atoms with Crippen LogP contribution in [0.3, 0.4) is 0 Å². The molecule has 2 saturated heterocycles. The Bertz CT molecular complexity index is 1270. The number of benzene rings is 2. The van der Waals surface area contributed by atoms with E-state index >= 15 is 0 Å². The number of carbonyl (C=O) groups is 1. The molecular formula is C27H32ClN3O4S. The molecule has 1 unspecified atom stereocenters. The SMILES string of the molecule is O=C(OC[C@H]1CCC[C@H]2c3cc(Cl)ccc3S(=O)(=O)N12)N1CCCC(N2CCc3ccccc3C2)C1. The van der Waals surface area contributed by atoms with Crippen LogP contribution in [0.15, 0.2) is 47.4 Å². The average Bonchev–Trinajstić information content (AvgIpc) is 3.13. The van der Waals surface area contributed by atoms with Crippen molar-refractivity contribution < 1.29 is 17.9 Å². The van der Waals surface area contributed by atoms with E-state index in [1.807, 2.05) is 4.90 Å². The van der Waals surface area contributed by atoms with E-state index in [4.69, 9.17) is 16.3 Å². The monoisotopic (exact) mass is 529 g/mol. The minimum Gasteiger partial charge on any atom is -0.448 e. The predicted molar refractivity (Wildman–Crippen MR) is 137 cm³/mol. The lowest BCUT2D eigenvalue weighted by molar-refractivity contribution is 0.0415. The Balaban J connectivity index is 1.09. The molecule has 2 fully saturated rings. The van der Waals surface area contributed by atoms with Gasteiger partial charge in [-0.2, -0.15) is 4.31 Å². The van der Waals surface area contributed by atoms with Crippen LogP contribution < -0.4 is 0 Å². The van der Waals surface area contributed by atoms with Crippen LogP contribution in [0.1, 0.15) is 54.8 Å². The molecule has 0 aromatic heterocycles. The molecule has 192 valence electrons. The fraction of sp³-hybridized carbons (Fsp3) is 0.519. The Labute approximate surface area is 218 Å². The molecule has 2 aromatic rings. The molecule has 4 aliphatic heterocycles. The van der Waals surface area contributed by atoms with E-state index in [0.29, 0.717) is 35.5 Å². The van der Waals surface area contributed by atoms with Gasteiger partial charge in [-0.05, 0) is 73.4 Å². The van der Waals surface area contributed by atoms with Crippen molar-refractivity contribution in [2.24, 2.45) is 0 Å². The maximum Gasteiger partial charge on any atom is 0.409 e. The van der Waals surface area contributed by atoms with Crippen molar-refractivity contribution >= 4 is 27.7 Å². The highest BCUT2D eigenvalue weighted by atomic mass is 35.5. The topological polar surface area (TPSA) is 70.2 Å². The fourth-order valence-corrected chi connectivity index (χ4v) is 8.76. The fourth-order valence-electron chi connectivity index (χ4n) is 6.50. The molecule has 3 atom stereocenters. The van der Waals surface area contributed by atoms with Gasteiger partial charge in [0.25, 0.3) is 0 Å². The van der Waals surface area contributed by atoms with Crippen molar-refractivity contribution in [3.63, 3.8) is 0 Å². The number of carbonyl (C=O) groups excluding carboxylic acids is 1. The summed E-state index contributed by atoms with van der Waals surface area (Å²) in [5, 5.41) is 0.538. The Hall–Kier alpha value is -2.13. The Morgan fingerprint density at radius 3 is 2.72 bits per heavy atom. The molecule has 7 nitrogen and oxygen atoms in total. The zero-order valence-corrected chi connectivity index (χ0v) is 21.9. The van der Waals surface area contributed by atoms with E-state index < -0.39 is 10.0 Å². The Morgan fingerprint density at radius 2 is 1.86 bits per heavy atom. The molecule has 0 radical (unpaired) electrons. The second kappa shape index (κ2) is 9.63. The van der Waals surface area contributed by atoms with Crippen LogP contribution >= 0.6 is 11.6 Å². The van der Waals surface area contributed by atoms with E-state index in [9.17, 15) is 13.2 Å². The number of fused-ring (bicyclic) bond motifs is 4.